The predicted molar refractivity (Wildman–Crippen MR) is 87.7 cm³/mol. The normalized spacial score (nSPS) is 11.8. The molecule has 0 radical (unpaired) electrons. The molecule has 2 aromatic carbocycles. The summed E-state index contributed by atoms with van der Waals surface area (Å²) >= 11 is 6.27. The van der Waals surface area contributed by atoms with Gasteiger partial charge in [0.2, 0.25) is 0 Å². The molecule has 112 valence electrons. The van der Waals surface area contributed by atoms with Crippen LogP contribution in [0.1, 0.15) is 24.9 Å². The van der Waals surface area contributed by atoms with Gasteiger partial charge in [-0.05, 0) is 24.6 Å². The van der Waals surface area contributed by atoms with Crippen molar-refractivity contribution in [3.63, 3.8) is 0 Å². The van der Waals surface area contributed by atoms with E-state index in [1.807, 2.05) is 36.4 Å². The molecule has 0 aromatic heterocycles. The van der Waals surface area contributed by atoms with Gasteiger partial charge < -0.3 is 14.8 Å². The summed E-state index contributed by atoms with van der Waals surface area (Å²) in [6.45, 7) is 2.12. The van der Waals surface area contributed by atoms with Crippen molar-refractivity contribution in [3.8, 4) is 11.5 Å². The van der Waals surface area contributed by atoms with Gasteiger partial charge in [0.05, 0.1) is 31.0 Å². The minimum atomic E-state index is 0.116. The predicted octanol–water partition coefficient (Wildman–Crippen LogP) is 4.92. The van der Waals surface area contributed by atoms with Crippen LogP contribution >= 0.6 is 11.6 Å². The highest BCUT2D eigenvalue weighted by Gasteiger charge is 2.15. The average molecular weight is 306 g/mol. The fraction of sp³-hybridized carbons (Fsp3) is 0.294. The first-order valence-electron chi connectivity index (χ1n) is 6.92. The molecule has 0 amide bonds. The summed E-state index contributed by atoms with van der Waals surface area (Å²) in [6, 6.07) is 13.7. The van der Waals surface area contributed by atoms with Crippen molar-refractivity contribution >= 4 is 17.3 Å². The number of hydrogen-bond acceptors (Lipinski definition) is 3. The minimum absolute atomic E-state index is 0.116. The van der Waals surface area contributed by atoms with E-state index in [-0.39, 0.29) is 6.04 Å². The number of methoxy groups -OCH3 is 2. The molecule has 0 fully saturated rings. The number of para-hydroxylation sites is 1. The fourth-order valence-electron chi connectivity index (χ4n) is 2.28. The number of hydrogen-bond donors (Lipinski definition) is 1. The third-order valence-corrected chi connectivity index (χ3v) is 3.76. The van der Waals surface area contributed by atoms with Crippen LogP contribution in [-0.2, 0) is 0 Å². The van der Waals surface area contributed by atoms with Gasteiger partial charge in [-0.3, -0.25) is 0 Å². The zero-order valence-electron chi connectivity index (χ0n) is 12.5. The van der Waals surface area contributed by atoms with Gasteiger partial charge in [-0.25, -0.2) is 0 Å². The summed E-state index contributed by atoms with van der Waals surface area (Å²) in [4.78, 5) is 0. The van der Waals surface area contributed by atoms with E-state index >= 15 is 0 Å². The molecule has 3 nitrogen and oxygen atoms in total. The van der Waals surface area contributed by atoms with Crippen LogP contribution in [0, 0.1) is 0 Å². The lowest BCUT2D eigenvalue weighted by molar-refractivity contribution is 0.406. The summed E-state index contributed by atoms with van der Waals surface area (Å²) in [7, 11) is 3.33. The molecule has 0 heterocycles. The van der Waals surface area contributed by atoms with Crippen molar-refractivity contribution in [2.45, 2.75) is 19.4 Å². The first-order chi connectivity index (χ1) is 10.2. The Morgan fingerprint density at radius 1 is 1.10 bits per heavy atom. The van der Waals surface area contributed by atoms with Crippen molar-refractivity contribution in [1.82, 2.24) is 0 Å². The topological polar surface area (TPSA) is 30.5 Å². The molecule has 2 aromatic rings. The van der Waals surface area contributed by atoms with E-state index in [1.165, 1.54) is 0 Å². The van der Waals surface area contributed by atoms with Gasteiger partial charge in [0.1, 0.15) is 11.5 Å². The highest BCUT2D eigenvalue weighted by atomic mass is 35.5. The molecule has 4 heteroatoms. The number of ether oxygens (including phenoxy) is 2. The minimum Gasteiger partial charge on any atom is -0.497 e. The third kappa shape index (κ3) is 3.61. The van der Waals surface area contributed by atoms with E-state index in [0.717, 1.165) is 29.2 Å². The molecular formula is C17H20ClNO2. The maximum absolute atomic E-state index is 6.27. The molecule has 0 aliphatic carbocycles. The van der Waals surface area contributed by atoms with E-state index in [4.69, 9.17) is 21.1 Å². The number of nitrogens with one attached hydrogen (secondary N) is 1. The Labute approximate surface area is 130 Å². The van der Waals surface area contributed by atoms with E-state index in [2.05, 4.69) is 18.3 Å². The second-order valence-electron chi connectivity index (χ2n) is 4.69. The Balaban J connectivity index is 2.31. The monoisotopic (exact) mass is 305 g/mol. The maximum atomic E-state index is 6.27. The van der Waals surface area contributed by atoms with Crippen LogP contribution in [-0.4, -0.2) is 14.2 Å². The van der Waals surface area contributed by atoms with Crippen molar-refractivity contribution < 1.29 is 9.47 Å². The summed E-state index contributed by atoms with van der Waals surface area (Å²) in [5.74, 6) is 1.65. The molecule has 0 saturated heterocycles. The molecule has 1 atom stereocenters. The van der Waals surface area contributed by atoms with Crippen molar-refractivity contribution in [3.05, 3.63) is 53.1 Å². The second kappa shape index (κ2) is 7.23. The molecule has 21 heavy (non-hydrogen) atoms. The fourth-order valence-corrected chi connectivity index (χ4v) is 2.46. The van der Waals surface area contributed by atoms with Crippen molar-refractivity contribution in [2.75, 3.05) is 19.5 Å². The van der Waals surface area contributed by atoms with Gasteiger partial charge in [-0.1, -0.05) is 36.7 Å². The lowest BCUT2D eigenvalue weighted by atomic mass is 10.0. The molecular weight excluding hydrogens is 286 g/mol. The summed E-state index contributed by atoms with van der Waals surface area (Å²) < 4.78 is 10.7. The van der Waals surface area contributed by atoms with Crippen LogP contribution in [0.2, 0.25) is 5.02 Å². The van der Waals surface area contributed by atoms with Crippen LogP contribution in [0.5, 0.6) is 11.5 Å². The van der Waals surface area contributed by atoms with Crippen LogP contribution in [0.4, 0.5) is 5.69 Å². The van der Waals surface area contributed by atoms with Gasteiger partial charge >= 0.3 is 0 Å². The Kier molecular flexibility index (Phi) is 5.34. The number of benzene rings is 2. The Morgan fingerprint density at radius 3 is 2.52 bits per heavy atom. The standard InChI is InChI=1S/C17H20ClNO2/c1-4-15(13-7-5-6-8-17(13)21-3)19-16-11-12(20-2)9-10-14(16)18/h5-11,15,19H,4H2,1-3H3. The molecule has 1 N–H and O–H groups in total. The molecule has 0 aliphatic rings. The van der Waals surface area contributed by atoms with Crippen LogP contribution in [0.3, 0.4) is 0 Å². The highest BCUT2D eigenvalue weighted by Crippen LogP contribution is 2.34. The van der Waals surface area contributed by atoms with Gasteiger partial charge in [0.15, 0.2) is 0 Å². The molecule has 0 aliphatic heterocycles. The Hall–Kier alpha value is -1.87. The van der Waals surface area contributed by atoms with Crippen LogP contribution in [0.25, 0.3) is 0 Å². The maximum Gasteiger partial charge on any atom is 0.124 e. The first kappa shape index (κ1) is 15.5. The molecule has 0 saturated carbocycles. The Morgan fingerprint density at radius 2 is 1.86 bits per heavy atom. The molecule has 1 unspecified atom stereocenters. The van der Waals surface area contributed by atoms with Gasteiger partial charge in [0, 0.05) is 11.6 Å². The summed E-state index contributed by atoms with van der Waals surface area (Å²) in [5.41, 5.74) is 1.97. The highest BCUT2D eigenvalue weighted by molar-refractivity contribution is 6.33. The largest absolute Gasteiger partial charge is 0.497 e. The summed E-state index contributed by atoms with van der Waals surface area (Å²) in [6.07, 6.45) is 0.911. The van der Waals surface area contributed by atoms with Crippen LogP contribution in [0.15, 0.2) is 42.5 Å². The smallest absolute Gasteiger partial charge is 0.124 e. The third-order valence-electron chi connectivity index (χ3n) is 3.43. The van der Waals surface area contributed by atoms with Gasteiger partial charge in [-0.2, -0.15) is 0 Å². The zero-order chi connectivity index (χ0) is 15.2. The Bertz CT molecular complexity index is 601. The van der Waals surface area contributed by atoms with Crippen molar-refractivity contribution in [1.29, 1.82) is 0 Å². The molecule has 0 bridgehead atoms. The number of halogens is 1. The molecule has 0 spiro atoms. The van der Waals surface area contributed by atoms with Gasteiger partial charge in [0.25, 0.3) is 0 Å². The first-order valence-corrected chi connectivity index (χ1v) is 7.30. The summed E-state index contributed by atoms with van der Waals surface area (Å²) in [5, 5.41) is 4.14. The number of rotatable bonds is 6. The molecule has 2 rings (SSSR count). The SMILES string of the molecule is CCC(Nc1cc(OC)ccc1Cl)c1ccccc1OC. The quantitative estimate of drug-likeness (QED) is 0.821. The van der Waals surface area contributed by atoms with Crippen molar-refractivity contribution in [2.24, 2.45) is 0 Å². The van der Waals surface area contributed by atoms with Gasteiger partial charge in [-0.15, -0.1) is 0 Å². The van der Waals surface area contributed by atoms with E-state index in [9.17, 15) is 0 Å². The lowest BCUT2D eigenvalue weighted by Gasteiger charge is -2.22. The van der Waals surface area contributed by atoms with E-state index in [0.29, 0.717) is 5.02 Å². The lowest BCUT2D eigenvalue weighted by Crippen LogP contribution is -2.11. The van der Waals surface area contributed by atoms with E-state index in [1.54, 1.807) is 14.2 Å². The average Bonchev–Trinajstić information content (AvgIpc) is 2.54. The van der Waals surface area contributed by atoms with Crippen LogP contribution < -0.4 is 14.8 Å². The van der Waals surface area contributed by atoms with E-state index < -0.39 is 0 Å². The number of anilines is 1. The zero-order valence-corrected chi connectivity index (χ0v) is 13.3. The second-order valence-corrected chi connectivity index (χ2v) is 5.10.